The lowest BCUT2D eigenvalue weighted by atomic mass is 10.1. The number of carbonyl (C=O) groups is 1. The lowest BCUT2D eigenvalue weighted by Gasteiger charge is -2.08. The van der Waals surface area contributed by atoms with Crippen LogP contribution in [0.4, 0.5) is 4.39 Å². The van der Waals surface area contributed by atoms with Gasteiger partial charge in [-0.15, -0.1) is 0 Å². The standard InChI is InChI=1S/C9H7BrClFO2/c1-14-9-5(7(13)4-10)2-3-6(12)8(9)11/h2-3H,4H2,1H3. The van der Waals surface area contributed by atoms with Crippen LogP contribution in [0, 0.1) is 5.82 Å². The van der Waals surface area contributed by atoms with Crippen LogP contribution in [0.15, 0.2) is 12.1 Å². The molecule has 0 N–H and O–H groups in total. The lowest BCUT2D eigenvalue weighted by molar-refractivity contribution is 0.102. The predicted molar refractivity (Wildman–Crippen MR) is 56.1 cm³/mol. The van der Waals surface area contributed by atoms with E-state index in [1.807, 2.05) is 0 Å². The van der Waals surface area contributed by atoms with E-state index in [9.17, 15) is 9.18 Å². The molecule has 76 valence electrons. The molecule has 0 fully saturated rings. The third-order valence-electron chi connectivity index (χ3n) is 1.68. The Balaban J connectivity index is 3.31. The van der Waals surface area contributed by atoms with Crippen LogP contribution in [-0.2, 0) is 0 Å². The number of rotatable bonds is 3. The van der Waals surface area contributed by atoms with E-state index in [0.717, 1.165) is 6.07 Å². The van der Waals surface area contributed by atoms with E-state index in [1.165, 1.54) is 13.2 Å². The number of benzene rings is 1. The Morgan fingerprint density at radius 1 is 1.64 bits per heavy atom. The van der Waals surface area contributed by atoms with Crippen LogP contribution < -0.4 is 4.74 Å². The van der Waals surface area contributed by atoms with Crippen molar-refractivity contribution in [2.24, 2.45) is 0 Å². The van der Waals surface area contributed by atoms with Crippen LogP contribution in [0.3, 0.4) is 0 Å². The molecule has 1 rings (SSSR count). The van der Waals surface area contributed by atoms with Crippen LogP contribution in [0.5, 0.6) is 5.75 Å². The van der Waals surface area contributed by atoms with Crippen molar-refractivity contribution in [3.8, 4) is 5.75 Å². The SMILES string of the molecule is COc1c(C(=O)CBr)ccc(F)c1Cl. The molecular formula is C9H7BrClFO2. The highest BCUT2D eigenvalue weighted by Gasteiger charge is 2.16. The summed E-state index contributed by atoms with van der Waals surface area (Å²) in [6, 6.07) is 2.49. The molecule has 0 amide bonds. The zero-order valence-corrected chi connectivity index (χ0v) is 9.65. The average molecular weight is 282 g/mol. The first-order valence-electron chi connectivity index (χ1n) is 3.73. The van der Waals surface area contributed by atoms with E-state index in [0.29, 0.717) is 0 Å². The maximum atomic E-state index is 13.0. The smallest absolute Gasteiger partial charge is 0.177 e. The van der Waals surface area contributed by atoms with Gasteiger partial charge in [0.15, 0.2) is 11.5 Å². The van der Waals surface area contributed by atoms with Gasteiger partial charge in [-0.1, -0.05) is 27.5 Å². The zero-order chi connectivity index (χ0) is 10.7. The van der Waals surface area contributed by atoms with Gasteiger partial charge in [0, 0.05) is 0 Å². The van der Waals surface area contributed by atoms with Gasteiger partial charge in [-0.05, 0) is 12.1 Å². The van der Waals surface area contributed by atoms with Gasteiger partial charge >= 0.3 is 0 Å². The first-order chi connectivity index (χ1) is 6.61. The van der Waals surface area contributed by atoms with Gasteiger partial charge in [0.2, 0.25) is 0 Å². The summed E-state index contributed by atoms with van der Waals surface area (Å²) in [6.07, 6.45) is 0. The second kappa shape index (κ2) is 4.75. The Kier molecular flexibility index (Phi) is 3.89. The first kappa shape index (κ1) is 11.5. The maximum absolute atomic E-state index is 13.0. The van der Waals surface area contributed by atoms with Crippen LogP contribution in [-0.4, -0.2) is 18.2 Å². The largest absolute Gasteiger partial charge is 0.494 e. The third kappa shape index (κ3) is 2.07. The second-order valence-electron chi connectivity index (χ2n) is 2.50. The molecule has 0 bridgehead atoms. The maximum Gasteiger partial charge on any atom is 0.177 e. The predicted octanol–water partition coefficient (Wildman–Crippen LogP) is 3.07. The number of ether oxygens (including phenoxy) is 1. The fraction of sp³-hybridized carbons (Fsp3) is 0.222. The van der Waals surface area contributed by atoms with Crippen LogP contribution in [0.25, 0.3) is 0 Å². The molecule has 0 aliphatic carbocycles. The van der Waals surface area contributed by atoms with Gasteiger partial charge in [0.05, 0.1) is 18.0 Å². The summed E-state index contributed by atoms with van der Waals surface area (Å²) in [4.78, 5) is 11.3. The highest BCUT2D eigenvalue weighted by molar-refractivity contribution is 9.09. The molecule has 0 aliphatic heterocycles. The summed E-state index contributed by atoms with van der Waals surface area (Å²) in [7, 11) is 1.34. The number of carbonyl (C=O) groups excluding carboxylic acids is 1. The molecule has 0 aromatic heterocycles. The minimum atomic E-state index is -0.602. The molecule has 0 saturated carbocycles. The topological polar surface area (TPSA) is 26.3 Å². The van der Waals surface area contributed by atoms with Crippen molar-refractivity contribution in [3.05, 3.63) is 28.5 Å². The third-order valence-corrected chi connectivity index (χ3v) is 2.54. The van der Waals surface area contributed by atoms with E-state index >= 15 is 0 Å². The molecule has 0 atom stereocenters. The van der Waals surface area contributed by atoms with E-state index in [2.05, 4.69) is 15.9 Å². The van der Waals surface area contributed by atoms with Gasteiger partial charge in [0.1, 0.15) is 10.8 Å². The van der Waals surface area contributed by atoms with Gasteiger partial charge in [-0.25, -0.2) is 4.39 Å². The lowest BCUT2D eigenvalue weighted by Crippen LogP contribution is -2.04. The molecule has 0 saturated heterocycles. The number of hydrogen-bond acceptors (Lipinski definition) is 2. The first-order valence-corrected chi connectivity index (χ1v) is 5.23. The fourth-order valence-corrected chi connectivity index (χ4v) is 1.57. The van der Waals surface area contributed by atoms with Gasteiger partial charge < -0.3 is 4.74 Å². The molecule has 1 aromatic carbocycles. The van der Waals surface area contributed by atoms with Crippen molar-refractivity contribution >= 4 is 33.3 Å². The average Bonchev–Trinajstić information content (AvgIpc) is 2.20. The number of alkyl halides is 1. The zero-order valence-electron chi connectivity index (χ0n) is 7.31. The summed E-state index contributed by atoms with van der Waals surface area (Å²) in [5, 5.41) is -0.0231. The highest BCUT2D eigenvalue weighted by Crippen LogP contribution is 2.31. The van der Waals surface area contributed by atoms with E-state index in [4.69, 9.17) is 16.3 Å². The number of Topliss-reactive ketones (excluding diaryl/α,β-unsaturated/α-hetero) is 1. The summed E-state index contributed by atoms with van der Waals surface area (Å²) in [5.41, 5.74) is 0.274. The fourth-order valence-electron chi connectivity index (χ4n) is 1.02. The monoisotopic (exact) mass is 280 g/mol. The Labute approximate surface area is 94.1 Å². The molecule has 0 spiro atoms. The van der Waals surface area contributed by atoms with Crippen molar-refractivity contribution in [1.29, 1.82) is 0 Å². The number of halogens is 3. The molecule has 2 nitrogen and oxygen atoms in total. The highest BCUT2D eigenvalue weighted by atomic mass is 79.9. The van der Waals surface area contributed by atoms with Gasteiger partial charge in [0.25, 0.3) is 0 Å². The summed E-state index contributed by atoms with van der Waals surface area (Å²) < 4.78 is 17.8. The van der Waals surface area contributed by atoms with E-state index in [1.54, 1.807) is 0 Å². The molecular weight excluding hydrogens is 274 g/mol. The number of hydrogen-bond donors (Lipinski definition) is 0. The molecule has 5 heteroatoms. The Bertz CT molecular complexity index is 368. The number of ketones is 1. The summed E-state index contributed by atoms with van der Waals surface area (Å²) in [5.74, 6) is -0.727. The Morgan fingerprint density at radius 2 is 2.29 bits per heavy atom. The molecule has 0 aliphatic rings. The molecule has 1 aromatic rings. The minimum absolute atomic E-state index is 0.0797. The molecule has 0 radical (unpaired) electrons. The summed E-state index contributed by atoms with van der Waals surface area (Å²) in [6.45, 7) is 0. The van der Waals surface area contributed by atoms with Crippen molar-refractivity contribution in [2.75, 3.05) is 12.4 Å². The summed E-state index contributed by atoms with van der Waals surface area (Å²) >= 11 is 8.65. The van der Waals surface area contributed by atoms with Crippen LogP contribution in [0.1, 0.15) is 10.4 Å². The van der Waals surface area contributed by atoms with Crippen molar-refractivity contribution in [3.63, 3.8) is 0 Å². The van der Waals surface area contributed by atoms with Crippen molar-refractivity contribution < 1.29 is 13.9 Å². The Hall–Kier alpha value is -0.610. The molecule has 0 unspecified atom stereocenters. The normalized spacial score (nSPS) is 10.0. The van der Waals surface area contributed by atoms with Crippen molar-refractivity contribution in [1.82, 2.24) is 0 Å². The van der Waals surface area contributed by atoms with Crippen LogP contribution >= 0.6 is 27.5 Å². The second-order valence-corrected chi connectivity index (χ2v) is 3.44. The van der Waals surface area contributed by atoms with E-state index in [-0.39, 0.29) is 27.4 Å². The van der Waals surface area contributed by atoms with E-state index < -0.39 is 5.82 Å². The van der Waals surface area contributed by atoms with Gasteiger partial charge in [-0.3, -0.25) is 4.79 Å². The van der Waals surface area contributed by atoms with Crippen molar-refractivity contribution in [2.45, 2.75) is 0 Å². The number of methoxy groups -OCH3 is 1. The van der Waals surface area contributed by atoms with Crippen LogP contribution in [0.2, 0.25) is 5.02 Å². The van der Waals surface area contributed by atoms with Gasteiger partial charge in [-0.2, -0.15) is 0 Å². The Morgan fingerprint density at radius 3 is 2.79 bits per heavy atom. The quantitative estimate of drug-likeness (QED) is 0.629. The molecule has 14 heavy (non-hydrogen) atoms. The minimum Gasteiger partial charge on any atom is -0.494 e. The molecule has 0 heterocycles.